The number of quaternary nitrogens is 1. The molecule has 1 saturated heterocycles. The number of ether oxygens (including phenoxy) is 2. The molecule has 2 N–H and O–H groups in total. The van der Waals surface area contributed by atoms with Crippen LogP contribution in [0.25, 0.3) is 11.0 Å². The standard InChI is InChI=1S/C24H27NO5/c1-2-28-20-9-5-6-10-21(20)30-22-16-29-24-17(23(22)27)11-12-19(26)18(24)15-25-13-7-3-4-8-14-25/h5-6,9-12,16,26H,2-4,7-8,13-15H2,1H3/p+1. The molecule has 3 aromatic rings. The van der Waals surface area contributed by atoms with Crippen molar-refractivity contribution >= 4 is 11.0 Å². The zero-order valence-corrected chi connectivity index (χ0v) is 17.3. The Bertz CT molecular complexity index is 1070. The van der Waals surface area contributed by atoms with Crippen molar-refractivity contribution in [2.45, 2.75) is 39.2 Å². The molecule has 0 amide bonds. The van der Waals surface area contributed by atoms with Crippen molar-refractivity contribution in [2.75, 3.05) is 19.7 Å². The second kappa shape index (κ2) is 9.22. The zero-order chi connectivity index (χ0) is 20.9. The first-order chi connectivity index (χ1) is 14.7. The van der Waals surface area contributed by atoms with Crippen LogP contribution >= 0.6 is 0 Å². The van der Waals surface area contributed by atoms with E-state index < -0.39 is 0 Å². The van der Waals surface area contributed by atoms with Gasteiger partial charge >= 0.3 is 0 Å². The highest BCUT2D eigenvalue weighted by Gasteiger charge is 2.21. The minimum Gasteiger partial charge on any atom is -0.507 e. The Balaban J connectivity index is 1.68. The second-order valence-corrected chi connectivity index (χ2v) is 7.69. The molecule has 0 unspecified atom stereocenters. The average Bonchev–Trinajstić information content (AvgIpc) is 3.02. The largest absolute Gasteiger partial charge is 0.507 e. The maximum absolute atomic E-state index is 13.1. The summed E-state index contributed by atoms with van der Waals surface area (Å²) in [6.07, 6.45) is 6.20. The molecule has 0 atom stereocenters. The SMILES string of the molecule is CCOc1ccccc1Oc1coc2c(C[NH+]3CCCCCC3)c(O)ccc2c1=O. The highest BCUT2D eigenvalue weighted by Crippen LogP contribution is 2.32. The Morgan fingerprint density at radius 1 is 1.00 bits per heavy atom. The molecule has 0 bridgehead atoms. The van der Waals surface area contributed by atoms with E-state index in [1.807, 2.05) is 19.1 Å². The van der Waals surface area contributed by atoms with Crippen LogP contribution in [0.2, 0.25) is 0 Å². The fourth-order valence-corrected chi connectivity index (χ4v) is 4.05. The molecular weight excluding hydrogens is 382 g/mol. The summed E-state index contributed by atoms with van der Waals surface area (Å²) in [5.74, 6) is 1.28. The molecule has 1 aliphatic rings. The van der Waals surface area contributed by atoms with Gasteiger partial charge in [0, 0.05) is 0 Å². The number of hydrogen-bond donors (Lipinski definition) is 2. The Kier molecular flexibility index (Phi) is 6.23. The minimum atomic E-state index is -0.269. The van der Waals surface area contributed by atoms with Crippen LogP contribution in [0.5, 0.6) is 23.0 Å². The smallest absolute Gasteiger partial charge is 0.235 e. The second-order valence-electron chi connectivity index (χ2n) is 7.69. The molecule has 2 heterocycles. The number of hydrogen-bond acceptors (Lipinski definition) is 5. The van der Waals surface area contributed by atoms with Crippen molar-refractivity contribution in [3.63, 3.8) is 0 Å². The third-order valence-electron chi connectivity index (χ3n) is 5.59. The number of phenolic OH excluding ortho intramolecular Hbond substituents is 1. The Morgan fingerprint density at radius 2 is 1.73 bits per heavy atom. The molecule has 0 radical (unpaired) electrons. The van der Waals surface area contributed by atoms with Crippen molar-refractivity contribution in [3.8, 4) is 23.0 Å². The van der Waals surface area contributed by atoms with Crippen LogP contribution in [0.3, 0.4) is 0 Å². The number of para-hydroxylation sites is 2. The van der Waals surface area contributed by atoms with Gasteiger partial charge in [0.05, 0.1) is 30.6 Å². The van der Waals surface area contributed by atoms with E-state index in [1.54, 1.807) is 24.3 Å². The Labute approximate surface area is 175 Å². The molecule has 1 fully saturated rings. The number of aromatic hydroxyl groups is 1. The molecule has 2 aromatic carbocycles. The lowest BCUT2D eigenvalue weighted by atomic mass is 10.1. The van der Waals surface area contributed by atoms with Crippen LogP contribution in [0.15, 0.2) is 51.9 Å². The first kappa shape index (κ1) is 20.3. The predicted molar refractivity (Wildman–Crippen MR) is 115 cm³/mol. The van der Waals surface area contributed by atoms with Crippen LogP contribution in [0, 0.1) is 0 Å². The summed E-state index contributed by atoms with van der Waals surface area (Å²) in [6.45, 7) is 5.15. The normalized spacial score (nSPS) is 15.1. The highest BCUT2D eigenvalue weighted by molar-refractivity contribution is 5.82. The van der Waals surface area contributed by atoms with Crippen LogP contribution in [0.1, 0.15) is 38.2 Å². The number of phenols is 1. The summed E-state index contributed by atoms with van der Waals surface area (Å²) in [5.41, 5.74) is 0.847. The third kappa shape index (κ3) is 4.28. The summed E-state index contributed by atoms with van der Waals surface area (Å²) in [7, 11) is 0. The molecule has 1 aliphatic heterocycles. The molecule has 0 aliphatic carbocycles. The third-order valence-corrected chi connectivity index (χ3v) is 5.59. The number of benzene rings is 2. The van der Waals surface area contributed by atoms with Gasteiger partial charge in [0.15, 0.2) is 17.1 Å². The highest BCUT2D eigenvalue weighted by atomic mass is 16.5. The molecule has 30 heavy (non-hydrogen) atoms. The van der Waals surface area contributed by atoms with Gasteiger partial charge < -0.3 is 23.9 Å². The van der Waals surface area contributed by atoms with Crippen molar-refractivity contribution in [3.05, 3.63) is 58.4 Å². The van der Waals surface area contributed by atoms with E-state index in [1.165, 1.54) is 36.8 Å². The van der Waals surface area contributed by atoms with E-state index in [0.717, 1.165) is 13.1 Å². The fraction of sp³-hybridized carbons (Fsp3) is 0.375. The van der Waals surface area contributed by atoms with Gasteiger partial charge in [-0.3, -0.25) is 4.79 Å². The van der Waals surface area contributed by atoms with Crippen LogP contribution in [0.4, 0.5) is 0 Å². The summed E-state index contributed by atoms with van der Waals surface area (Å²) < 4.78 is 17.3. The molecule has 6 heteroatoms. The fourth-order valence-electron chi connectivity index (χ4n) is 4.05. The molecule has 4 rings (SSSR count). The maximum Gasteiger partial charge on any atom is 0.235 e. The van der Waals surface area contributed by atoms with E-state index in [0.29, 0.717) is 41.2 Å². The number of fused-ring (bicyclic) bond motifs is 1. The average molecular weight is 410 g/mol. The van der Waals surface area contributed by atoms with E-state index in [2.05, 4.69) is 0 Å². The van der Waals surface area contributed by atoms with Gasteiger partial charge in [0.1, 0.15) is 18.6 Å². The molecule has 158 valence electrons. The molecule has 1 aromatic heterocycles. The summed E-state index contributed by atoms with van der Waals surface area (Å²) in [6, 6.07) is 10.4. The monoisotopic (exact) mass is 410 g/mol. The lowest BCUT2D eigenvalue weighted by Gasteiger charge is -2.18. The molecule has 0 saturated carbocycles. The van der Waals surface area contributed by atoms with E-state index in [-0.39, 0.29) is 16.9 Å². The van der Waals surface area contributed by atoms with Crippen LogP contribution in [-0.2, 0) is 6.54 Å². The van der Waals surface area contributed by atoms with Gasteiger partial charge in [-0.05, 0) is 56.9 Å². The Morgan fingerprint density at radius 3 is 2.47 bits per heavy atom. The van der Waals surface area contributed by atoms with Crippen molar-refractivity contribution in [2.24, 2.45) is 0 Å². The van der Waals surface area contributed by atoms with Crippen LogP contribution in [-0.4, -0.2) is 24.8 Å². The summed E-state index contributed by atoms with van der Waals surface area (Å²) in [5, 5.41) is 10.9. The van der Waals surface area contributed by atoms with Crippen molar-refractivity contribution < 1.29 is 23.9 Å². The van der Waals surface area contributed by atoms with Gasteiger partial charge in [-0.15, -0.1) is 0 Å². The molecule has 0 spiro atoms. The van der Waals surface area contributed by atoms with Gasteiger partial charge in [-0.2, -0.15) is 0 Å². The predicted octanol–water partition coefficient (Wildman–Crippen LogP) is 3.65. The number of nitrogens with one attached hydrogen (secondary N) is 1. The Hall–Kier alpha value is -2.99. The lowest BCUT2D eigenvalue weighted by Crippen LogP contribution is -3.10. The van der Waals surface area contributed by atoms with Gasteiger partial charge in [0.2, 0.25) is 11.2 Å². The number of likely N-dealkylation sites (tertiary alicyclic amines) is 1. The van der Waals surface area contributed by atoms with E-state index in [9.17, 15) is 9.90 Å². The van der Waals surface area contributed by atoms with Crippen LogP contribution < -0.4 is 19.8 Å². The topological polar surface area (TPSA) is 73.3 Å². The van der Waals surface area contributed by atoms with E-state index >= 15 is 0 Å². The zero-order valence-electron chi connectivity index (χ0n) is 17.3. The van der Waals surface area contributed by atoms with Gasteiger partial charge in [-0.25, -0.2) is 0 Å². The van der Waals surface area contributed by atoms with Crippen molar-refractivity contribution in [1.82, 2.24) is 0 Å². The minimum absolute atomic E-state index is 0.0911. The number of rotatable bonds is 6. The van der Waals surface area contributed by atoms with E-state index in [4.69, 9.17) is 13.9 Å². The van der Waals surface area contributed by atoms with Crippen molar-refractivity contribution in [1.29, 1.82) is 0 Å². The quantitative estimate of drug-likeness (QED) is 0.649. The molecule has 6 nitrogen and oxygen atoms in total. The maximum atomic E-state index is 13.1. The molecular formula is C24H28NO5+. The van der Waals surface area contributed by atoms with Gasteiger partial charge in [-0.1, -0.05) is 12.1 Å². The van der Waals surface area contributed by atoms with Gasteiger partial charge in [0.25, 0.3) is 0 Å². The first-order valence-corrected chi connectivity index (χ1v) is 10.7. The lowest BCUT2D eigenvalue weighted by molar-refractivity contribution is -0.913. The first-order valence-electron chi connectivity index (χ1n) is 10.7. The summed E-state index contributed by atoms with van der Waals surface area (Å²) in [4.78, 5) is 14.5. The summed E-state index contributed by atoms with van der Waals surface area (Å²) >= 11 is 0.